The van der Waals surface area contributed by atoms with Gasteiger partial charge in [0.2, 0.25) is 0 Å². The predicted molar refractivity (Wildman–Crippen MR) is 101 cm³/mol. The van der Waals surface area contributed by atoms with Crippen molar-refractivity contribution in [2.45, 2.75) is 13.3 Å². The Balaban J connectivity index is 1.94. The molecule has 0 atom stereocenters. The lowest BCUT2D eigenvalue weighted by Gasteiger charge is -2.12. The number of halogens is 2. The Bertz CT molecular complexity index is 721. The summed E-state index contributed by atoms with van der Waals surface area (Å²) < 4.78 is 10.2. The van der Waals surface area contributed by atoms with Gasteiger partial charge >= 0.3 is 5.97 Å². The molecule has 2 rings (SSSR count). The summed E-state index contributed by atoms with van der Waals surface area (Å²) in [5.41, 5.74) is 2.34. The number of thiophene rings is 1. The highest BCUT2D eigenvalue weighted by Gasteiger charge is 2.13. The highest BCUT2D eigenvalue weighted by molar-refractivity contribution is 7.10. The van der Waals surface area contributed by atoms with Gasteiger partial charge in [0.05, 0.1) is 42.6 Å². The first kappa shape index (κ1) is 20.0. The van der Waals surface area contributed by atoms with E-state index in [1.54, 1.807) is 12.1 Å². The molecule has 0 aliphatic rings. The van der Waals surface area contributed by atoms with Crippen LogP contribution >= 0.6 is 34.5 Å². The van der Waals surface area contributed by atoms with Crippen LogP contribution in [0.5, 0.6) is 0 Å². The first-order chi connectivity index (χ1) is 12.0. The molecule has 0 spiro atoms. The van der Waals surface area contributed by atoms with E-state index in [0.29, 0.717) is 10.0 Å². The lowest BCUT2D eigenvalue weighted by molar-refractivity contribution is -0.144. The SMILES string of the molecule is Cc1c(Cl)ccc(Nc2ccsc2CC(=O)OCCOCCO)c1Cl. The van der Waals surface area contributed by atoms with Crippen molar-refractivity contribution in [1.82, 2.24) is 0 Å². The molecule has 136 valence electrons. The van der Waals surface area contributed by atoms with Crippen molar-refractivity contribution in [3.05, 3.63) is 44.1 Å². The third-order valence-electron chi connectivity index (χ3n) is 3.37. The molecule has 25 heavy (non-hydrogen) atoms. The summed E-state index contributed by atoms with van der Waals surface area (Å²) in [5, 5.41) is 14.9. The second-order valence-corrected chi connectivity index (χ2v) is 6.94. The van der Waals surface area contributed by atoms with E-state index in [1.165, 1.54) is 11.3 Å². The first-order valence-corrected chi connectivity index (χ1v) is 9.28. The number of carbonyl (C=O) groups is 1. The summed E-state index contributed by atoms with van der Waals surface area (Å²) in [6.45, 7) is 2.46. The van der Waals surface area contributed by atoms with Gasteiger partial charge in [-0.1, -0.05) is 23.2 Å². The molecule has 0 saturated heterocycles. The van der Waals surface area contributed by atoms with Crippen LogP contribution in [0.15, 0.2) is 23.6 Å². The average Bonchev–Trinajstić information content (AvgIpc) is 3.02. The standard InChI is InChI=1S/C17H19Cl2NO4S/c1-11-12(18)2-3-14(17(11)19)20-13-4-9-25-15(13)10-16(22)24-8-7-23-6-5-21/h2-4,9,20-21H,5-8,10H2,1H3. The Morgan fingerprint density at radius 2 is 2.00 bits per heavy atom. The molecule has 0 aliphatic carbocycles. The van der Waals surface area contributed by atoms with E-state index >= 15 is 0 Å². The van der Waals surface area contributed by atoms with Gasteiger partial charge in [0, 0.05) is 9.90 Å². The zero-order chi connectivity index (χ0) is 18.2. The smallest absolute Gasteiger partial charge is 0.311 e. The minimum atomic E-state index is -0.337. The van der Waals surface area contributed by atoms with Gasteiger partial charge in [-0.3, -0.25) is 4.79 Å². The van der Waals surface area contributed by atoms with Crippen LogP contribution in [0.2, 0.25) is 10.0 Å². The molecule has 8 heteroatoms. The summed E-state index contributed by atoms with van der Waals surface area (Å²) in [5.74, 6) is -0.337. The van der Waals surface area contributed by atoms with Gasteiger partial charge in [0.1, 0.15) is 6.61 Å². The maximum Gasteiger partial charge on any atom is 0.311 e. The van der Waals surface area contributed by atoms with Crippen molar-refractivity contribution >= 4 is 51.9 Å². The summed E-state index contributed by atoms with van der Waals surface area (Å²) >= 11 is 13.8. The third-order valence-corrected chi connectivity index (χ3v) is 5.18. The van der Waals surface area contributed by atoms with Crippen LogP contribution in [0.4, 0.5) is 11.4 Å². The van der Waals surface area contributed by atoms with E-state index in [0.717, 1.165) is 21.8 Å². The van der Waals surface area contributed by atoms with Crippen molar-refractivity contribution < 1.29 is 19.4 Å². The van der Waals surface area contributed by atoms with Crippen LogP contribution in [0.25, 0.3) is 0 Å². The largest absolute Gasteiger partial charge is 0.463 e. The monoisotopic (exact) mass is 403 g/mol. The van der Waals surface area contributed by atoms with E-state index < -0.39 is 0 Å². The molecular formula is C17H19Cl2NO4S. The summed E-state index contributed by atoms with van der Waals surface area (Å²) in [4.78, 5) is 12.8. The van der Waals surface area contributed by atoms with Gasteiger partial charge in [0.25, 0.3) is 0 Å². The highest BCUT2D eigenvalue weighted by atomic mass is 35.5. The van der Waals surface area contributed by atoms with Gasteiger partial charge in [0.15, 0.2) is 0 Å². The number of ether oxygens (including phenoxy) is 2. The van der Waals surface area contributed by atoms with Crippen LogP contribution in [0, 0.1) is 6.92 Å². The molecule has 0 unspecified atom stereocenters. The molecule has 2 N–H and O–H groups in total. The first-order valence-electron chi connectivity index (χ1n) is 7.65. The third kappa shape index (κ3) is 5.87. The van der Waals surface area contributed by atoms with Gasteiger partial charge < -0.3 is 19.9 Å². The number of anilines is 2. The number of carbonyl (C=O) groups excluding carboxylic acids is 1. The van der Waals surface area contributed by atoms with Crippen LogP contribution in [0.3, 0.4) is 0 Å². The summed E-state index contributed by atoms with van der Waals surface area (Å²) in [6, 6.07) is 5.46. The van der Waals surface area contributed by atoms with E-state index in [4.69, 9.17) is 37.8 Å². The number of benzene rings is 1. The molecule has 1 aromatic heterocycles. The molecule has 1 heterocycles. The van der Waals surface area contributed by atoms with Crippen LogP contribution in [-0.4, -0.2) is 37.5 Å². The number of hydrogen-bond donors (Lipinski definition) is 2. The Kier molecular flexibility index (Phi) is 7.99. The molecule has 0 bridgehead atoms. The summed E-state index contributed by atoms with van der Waals surface area (Å²) in [6.07, 6.45) is 0.157. The van der Waals surface area contributed by atoms with Crippen molar-refractivity contribution in [3.63, 3.8) is 0 Å². The second kappa shape index (κ2) is 9.99. The Morgan fingerprint density at radius 1 is 1.20 bits per heavy atom. The fourth-order valence-corrected chi connectivity index (χ4v) is 3.29. The molecule has 0 radical (unpaired) electrons. The lowest BCUT2D eigenvalue weighted by atomic mass is 10.2. The van der Waals surface area contributed by atoms with E-state index in [1.807, 2.05) is 18.4 Å². The highest BCUT2D eigenvalue weighted by Crippen LogP contribution is 2.34. The Hall–Kier alpha value is -1.31. The average molecular weight is 404 g/mol. The van der Waals surface area contributed by atoms with Crippen molar-refractivity contribution in [3.8, 4) is 0 Å². The minimum Gasteiger partial charge on any atom is -0.463 e. The maximum absolute atomic E-state index is 11.9. The predicted octanol–water partition coefficient (Wildman–Crippen LogP) is 4.20. The van der Waals surface area contributed by atoms with Crippen LogP contribution in [-0.2, 0) is 20.7 Å². The van der Waals surface area contributed by atoms with E-state index in [2.05, 4.69) is 5.32 Å². The Labute approximate surface area is 160 Å². The molecule has 0 aliphatic heterocycles. The maximum atomic E-state index is 11.9. The minimum absolute atomic E-state index is 0.0507. The number of esters is 1. The second-order valence-electron chi connectivity index (χ2n) is 5.15. The van der Waals surface area contributed by atoms with Gasteiger partial charge in [-0.05, 0) is 36.1 Å². The number of rotatable bonds is 9. The number of nitrogens with one attached hydrogen (secondary N) is 1. The Morgan fingerprint density at radius 3 is 2.76 bits per heavy atom. The zero-order valence-corrected chi connectivity index (χ0v) is 16.0. The summed E-state index contributed by atoms with van der Waals surface area (Å²) in [7, 11) is 0. The molecule has 0 fully saturated rings. The molecule has 1 aromatic carbocycles. The van der Waals surface area contributed by atoms with Crippen LogP contribution < -0.4 is 5.32 Å². The topological polar surface area (TPSA) is 67.8 Å². The number of hydrogen-bond acceptors (Lipinski definition) is 6. The molecule has 5 nitrogen and oxygen atoms in total. The van der Waals surface area contributed by atoms with Crippen molar-refractivity contribution in [2.24, 2.45) is 0 Å². The van der Waals surface area contributed by atoms with Gasteiger partial charge in [-0.2, -0.15) is 0 Å². The van der Waals surface area contributed by atoms with E-state index in [-0.39, 0.29) is 38.8 Å². The molecule has 0 saturated carbocycles. The quantitative estimate of drug-likeness (QED) is 0.484. The molecule has 0 amide bonds. The van der Waals surface area contributed by atoms with Gasteiger partial charge in [-0.25, -0.2) is 0 Å². The fourth-order valence-electron chi connectivity index (χ4n) is 2.06. The van der Waals surface area contributed by atoms with Crippen molar-refractivity contribution in [1.29, 1.82) is 0 Å². The van der Waals surface area contributed by atoms with Crippen molar-refractivity contribution in [2.75, 3.05) is 31.7 Å². The fraction of sp³-hybridized carbons (Fsp3) is 0.353. The van der Waals surface area contributed by atoms with Gasteiger partial charge in [-0.15, -0.1) is 11.3 Å². The normalized spacial score (nSPS) is 10.7. The molecular weight excluding hydrogens is 385 g/mol. The number of aliphatic hydroxyl groups excluding tert-OH is 1. The van der Waals surface area contributed by atoms with E-state index in [9.17, 15) is 4.79 Å². The lowest BCUT2D eigenvalue weighted by Crippen LogP contribution is -2.13. The molecule has 2 aromatic rings. The van der Waals surface area contributed by atoms with Crippen LogP contribution in [0.1, 0.15) is 10.4 Å². The number of aliphatic hydroxyl groups is 1. The zero-order valence-electron chi connectivity index (χ0n) is 13.7.